The van der Waals surface area contributed by atoms with Gasteiger partial charge in [-0.3, -0.25) is 0 Å². The topological polar surface area (TPSA) is 119 Å². The Hall–Kier alpha value is -3.38. The fraction of sp³-hybridized carbons (Fsp3) is 0.182. The number of fused-ring (bicyclic) bond motifs is 1. The summed E-state index contributed by atoms with van der Waals surface area (Å²) in [4.78, 5) is 33.2. The van der Waals surface area contributed by atoms with Crippen molar-refractivity contribution in [2.75, 3.05) is 31.2 Å². The number of rotatable bonds is 6. The van der Waals surface area contributed by atoms with Gasteiger partial charge in [-0.1, -0.05) is 0 Å². The number of hydrogen-bond acceptors (Lipinski definition) is 7. The van der Waals surface area contributed by atoms with E-state index >= 15 is 0 Å². The van der Waals surface area contributed by atoms with E-state index in [1.807, 2.05) is 30.3 Å². The number of nitrogen functional groups attached to an aromatic ring is 1. The summed E-state index contributed by atoms with van der Waals surface area (Å²) in [6.07, 6.45) is 1.50. The van der Waals surface area contributed by atoms with Crippen molar-refractivity contribution in [3.63, 3.8) is 0 Å². The summed E-state index contributed by atoms with van der Waals surface area (Å²) >= 11 is -0.898. The molecular formula is C22H22AsN5O3. The van der Waals surface area contributed by atoms with Crippen LogP contribution in [0.15, 0.2) is 48.7 Å². The van der Waals surface area contributed by atoms with Crippen molar-refractivity contribution in [1.82, 2.24) is 15.3 Å². The number of anilines is 2. The maximum atomic E-state index is 12.9. The molecule has 2 aromatic carbocycles. The molecule has 1 aromatic heterocycles. The van der Waals surface area contributed by atoms with E-state index in [-0.39, 0.29) is 16.1 Å². The molecule has 4 N–H and O–H groups in total. The predicted molar refractivity (Wildman–Crippen MR) is 121 cm³/mol. The Labute approximate surface area is 186 Å². The first-order valence-corrected chi connectivity index (χ1v) is 12.3. The predicted octanol–water partition coefficient (Wildman–Crippen LogP) is 1.67. The van der Waals surface area contributed by atoms with Crippen LogP contribution in [0.4, 0.5) is 11.5 Å². The molecule has 158 valence electrons. The molecule has 8 nitrogen and oxygen atoms in total. The number of nitrogens with one attached hydrogen (secondary N) is 2. The minimum atomic E-state index is -0.898. The summed E-state index contributed by atoms with van der Waals surface area (Å²) < 4.78 is 5.75. The van der Waals surface area contributed by atoms with Crippen LogP contribution < -0.4 is 21.1 Å². The zero-order valence-electron chi connectivity index (χ0n) is 16.9. The third-order valence-electron chi connectivity index (χ3n) is 4.84. The summed E-state index contributed by atoms with van der Waals surface area (Å²) in [5.41, 5.74) is 9.78. The van der Waals surface area contributed by atoms with Crippen molar-refractivity contribution >= 4 is 37.7 Å². The van der Waals surface area contributed by atoms with Gasteiger partial charge in [0, 0.05) is 0 Å². The van der Waals surface area contributed by atoms with Crippen LogP contribution in [-0.4, -0.2) is 56.4 Å². The first-order valence-electron chi connectivity index (χ1n) is 9.78. The molecule has 0 saturated carbocycles. The summed E-state index contributed by atoms with van der Waals surface area (Å²) in [5.74, 6) is 0.511. The number of carbonyl (C=O) groups is 2. The molecule has 31 heavy (non-hydrogen) atoms. The van der Waals surface area contributed by atoms with Gasteiger partial charge in [-0.2, -0.15) is 0 Å². The van der Waals surface area contributed by atoms with Crippen molar-refractivity contribution in [3.05, 3.63) is 65.5 Å². The molecule has 0 radical (unpaired) electrons. The van der Waals surface area contributed by atoms with Crippen molar-refractivity contribution in [1.29, 1.82) is 0 Å². The van der Waals surface area contributed by atoms with Crippen LogP contribution in [0.25, 0.3) is 11.3 Å². The van der Waals surface area contributed by atoms with Crippen LogP contribution in [0.2, 0.25) is 0 Å². The average molecular weight is 479 g/mol. The van der Waals surface area contributed by atoms with Gasteiger partial charge in [0.05, 0.1) is 0 Å². The number of aromatic nitrogens is 2. The standard InChI is InChI=1S/C22H22AsN5O3/c1-25-22(30)19-21(24)27-12-17(28-19)14-3-2-4-15(10-14)20(29)23-11-13-5-6-18-16(9-13)26-7-8-31-18/h2-6,9-10,12,23,26H,7-8,11H2,1H3,(H2,24,27)(H,25,30). The van der Waals surface area contributed by atoms with E-state index in [9.17, 15) is 9.59 Å². The first-order chi connectivity index (χ1) is 15.0. The summed E-state index contributed by atoms with van der Waals surface area (Å²) in [7, 11) is 1.51. The minimum absolute atomic E-state index is 0.0620. The molecule has 1 aliphatic heterocycles. The Kier molecular flexibility index (Phi) is 6.18. The van der Waals surface area contributed by atoms with Crippen LogP contribution in [0, 0.1) is 0 Å². The number of amides is 1. The molecule has 1 atom stereocenters. The molecular weight excluding hydrogens is 457 g/mol. The van der Waals surface area contributed by atoms with Crippen LogP contribution in [0.1, 0.15) is 26.4 Å². The second-order valence-corrected chi connectivity index (χ2v) is 9.37. The molecule has 2 heterocycles. The van der Waals surface area contributed by atoms with Crippen LogP contribution in [0.3, 0.4) is 0 Å². The fourth-order valence-electron chi connectivity index (χ4n) is 3.22. The third-order valence-corrected chi connectivity index (χ3v) is 7.34. The van der Waals surface area contributed by atoms with Gasteiger partial charge in [-0.15, -0.1) is 0 Å². The summed E-state index contributed by atoms with van der Waals surface area (Å²) in [6, 6.07) is 13.3. The Bertz CT molecular complexity index is 1150. The van der Waals surface area contributed by atoms with Crippen LogP contribution in [0.5, 0.6) is 5.75 Å². The summed E-state index contributed by atoms with van der Waals surface area (Å²) in [5, 5.41) is 6.57. The fourth-order valence-corrected chi connectivity index (χ4v) is 5.21. The molecule has 9 heteroatoms. The Morgan fingerprint density at radius 1 is 1.26 bits per heavy atom. The second kappa shape index (κ2) is 9.18. The molecule has 0 bridgehead atoms. The Morgan fingerprint density at radius 2 is 2.13 bits per heavy atom. The van der Waals surface area contributed by atoms with Gasteiger partial charge in [0.1, 0.15) is 0 Å². The van der Waals surface area contributed by atoms with Gasteiger partial charge in [0.2, 0.25) is 0 Å². The number of nitrogens with two attached hydrogens (primary N) is 1. The first kappa shape index (κ1) is 20.9. The number of carbonyl (C=O) groups excluding carboxylic acids is 2. The van der Waals surface area contributed by atoms with Crippen molar-refractivity contribution in [2.24, 2.45) is 0 Å². The molecule has 0 spiro atoms. The van der Waals surface area contributed by atoms with Crippen LogP contribution in [-0.2, 0) is 5.21 Å². The van der Waals surface area contributed by atoms with E-state index in [1.165, 1.54) is 13.2 Å². The normalized spacial score (nSPS) is 12.7. The molecule has 4 rings (SSSR count). The number of hydrogen-bond donors (Lipinski definition) is 3. The SMILES string of the molecule is CNC(=O)c1nc(-c2cccc(C(=O)[AsH]Cc3ccc4c(c3)NCCO4)c2)cnc1N. The Morgan fingerprint density at radius 3 is 2.97 bits per heavy atom. The van der Waals surface area contributed by atoms with E-state index in [4.69, 9.17) is 10.5 Å². The second-order valence-electron chi connectivity index (χ2n) is 6.94. The van der Waals surface area contributed by atoms with Crippen molar-refractivity contribution in [2.45, 2.75) is 5.21 Å². The molecule has 0 fully saturated rings. The van der Waals surface area contributed by atoms with E-state index < -0.39 is 21.7 Å². The van der Waals surface area contributed by atoms with Crippen molar-refractivity contribution < 1.29 is 14.3 Å². The van der Waals surface area contributed by atoms with Gasteiger partial charge < -0.3 is 0 Å². The van der Waals surface area contributed by atoms with Gasteiger partial charge >= 0.3 is 186 Å². The average Bonchev–Trinajstić information content (AvgIpc) is 2.82. The third kappa shape index (κ3) is 4.69. The monoisotopic (exact) mass is 479 g/mol. The molecule has 3 aromatic rings. The van der Waals surface area contributed by atoms with E-state index in [2.05, 4.69) is 26.7 Å². The Balaban J connectivity index is 1.49. The molecule has 1 amide bonds. The van der Waals surface area contributed by atoms with E-state index in [1.54, 1.807) is 6.07 Å². The molecule has 1 aliphatic rings. The number of nitrogens with zero attached hydrogens (tertiary/aromatic N) is 2. The van der Waals surface area contributed by atoms with Gasteiger partial charge in [0.25, 0.3) is 0 Å². The zero-order chi connectivity index (χ0) is 21.8. The maximum absolute atomic E-state index is 12.9. The van der Waals surface area contributed by atoms with Crippen molar-refractivity contribution in [3.8, 4) is 17.0 Å². The number of benzene rings is 2. The van der Waals surface area contributed by atoms with Gasteiger partial charge in [-0.05, 0) is 0 Å². The zero-order valence-corrected chi connectivity index (χ0v) is 19.0. The van der Waals surface area contributed by atoms with Crippen LogP contribution >= 0.6 is 0 Å². The molecule has 0 aliphatic carbocycles. The quantitative estimate of drug-likeness (QED) is 0.460. The van der Waals surface area contributed by atoms with E-state index in [0.717, 1.165) is 28.8 Å². The van der Waals surface area contributed by atoms with Gasteiger partial charge in [-0.25, -0.2) is 0 Å². The molecule has 1 unspecified atom stereocenters. The number of ether oxygens (including phenoxy) is 1. The van der Waals surface area contributed by atoms with E-state index in [0.29, 0.717) is 23.4 Å². The summed E-state index contributed by atoms with van der Waals surface area (Å²) in [6.45, 7) is 1.45. The van der Waals surface area contributed by atoms with Gasteiger partial charge in [0.15, 0.2) is 0 Å². The molecule has 0 saturated heterocycles.